The van der Waals surface area contributed by atoms with Crippen molar-refractivity contribution in [3.8, 4) is 5.75 Å². The predicted molar refractivity (Wildman–Crippen MR) is 103 cm³/mol. The van der Waals surface area contributed by atoms with Gasteiger partial charge >= 0.3 is 5.97 Å². The number of phenolic OH excluding ortho intramolecular Hbond substituents is 1. The number of hydrogen-bond acceptors (Lipinski definition) is 9. The first-order valence-electron chi connectivity index (χ1n) is 10.1. The van der Waals surface area contributed by atoms with Crippen LogP contribution in [0.3, 0.4) is 0 Å². The largest absolute Gasteiger partial charge is 0.508 e. The monoisotopic (exact) mass is 441 g/mol. The number of benzene rings is 1. The molecule has 0 bridgehead atoms. The van der Waals surface area contributed by atoms with Gasteiger partial charge in [0.1, 0.15) is 42.8 Å². The molecule has 2 aliphatic heterocycles. The summed E-state index contributed by atoms with van der Waals surface area (Å²) in [5.41, 5.74) is 4.74. The number of esters is 1. The Kier molecular flexibility index (Phi) is 7.46. The first-order chi connectivity index (χ1) is 14.7. The lowest BCUT2D eigenvalue weighted by Gasteiger charge is -2.38. The van der Waals surface area contributed by atoms with Gasteiger partial charge in [-0.3, -0.25) is 4.79 Å². The van der Waals surface area contributed by atoms with Crippen molar-refractivity contribution in [2.45, 2.75) is 62.1 Å². The lowest BCUT2D eigenvalue weighted by Crippen LogP contribution is -2.69. The van der Waals surface area contributed by atoms with Crippen LogP contribution in [0.15, 0.2) is 24.3 Å². The highest BCUT2D eigenvalue weighted by atomic mass is 16.6. The number of quaternary nitrogens is 1. The van der Waals surface area contributed by atoms with Gasteiger partial charge in [-0.1, -0.05) is 12.1 Å². The normalized spacial score (nSPS) is 32.0. The van der Waals surface area contributed by atoms with Gasteiger partial charge in [0.15, 0.2) is 12.3 Å². The average molecular weight is 441 g/mol. The van der Waals surface area contributed by atoms with Crippen molar-refractivity contribution in [1.29, 1.82) is 0 Å². The number of aliphatic hydroxyl groups excluding tert-OH is 4. The predicted octanol–water partition coefficient (Wildman–Crippen LogP) is -3.12. The van der Waals surface area contributed by atoms with E-state index >= 15 is 0 Å². The summed E-state index contributed by atoms with van der Waals surface area (Å²) in [6.45, 7) is -0.0763. The molecule has 7 atom stereocenters. The highest BCUT2D eigenvalue weighted by molar-refractivity contribution is 5.87. The van der Waals surface area contributed by atoms with Gasteiger partial charge in [-0.25, -0.2) is 4.79 Å². The molecule has 0 aliphatic carbocycles. The Labute approximate surface area is 178 Å². The molecule has 0 saturated carbocycles. The van der Waals surface area contributed by atoms with E-state index in [0.29, 0.717) is 25.8 Å². The second-order valence-corrected chi connectivity index (χ2v) is 7.92. The van der Waals surface area contributed by atoms with Crippen LogP contribution >= 0.6 is 0 Å². The Hall–Kier alpha value is -2.28. The van der Waals surface area contributed by atoms with E-state index in [9.17, 15) is 35.1 Å². The molecule has 1 aromatic carbocycles. The summed E-state index contributed by atoms with van der Waals surface area (Å²) in [6.07, 6.45) is -6.45. The van der Waals surface area contributed by atoms with Crippen molar-refractivity contribution in [3.63, 3.8) is 0 Å². The molecule has 172 valence electrons. The van der Waals surface area contributed by atoms with E-state index in [4.69, 9.17) is 9.47 Å². The van der Waals surface area contributed by atoms with Crippen LogP contribution in [0.4, 0.5) is 0 Å². The third-order valence-corrected chi connectivity index (χ3v) is 5.65. The Bertz CT molecular complexity index is 774. The first kappa shape index (κ1) is 23.4. The summed E-state index contributed by atoms with van der Waals surface area (Å²) in [6, 6.07) is 5.01. The molecular weight excluding hydrogens is 412 g/mol. The highest BCUT2D eigenvalue weighted by Crippen LogP contribution is 2.23. The summed E-state index contributed by atoms with van der Waals surface area (Å²) >= 11 is 0. The molecule has 0 unspecified atom stereocenters. The number of carbonyl (C=O) groups is 2. The molecule has 11 heteroatoms. The number of carbonyl (C=O) groups excluding carboxylic acids is 2. The number of phenols is 1. The quantitative estimate of drug-likeness (QED) is 0.249. The van der Waals surface area contributed by atoms with E-state index < -0.39 is 55.4 Å². The molecule has 1 aromatic rings. The van der Waals surface area contributed by atoms with Crippen molar-refractivity contribution >= 4 is 11.9 Å². The number of rotatable bonds is 6. The highest BCUT2D eigenvalue weighted by Gasteiger charge is 2.44. The van der Waals surface area contributed by atoms with Crippen LogP contribution in [0.2, 0.25) is 0 Å². The summed E-state index contributed by atoms with van der Waals surface area (Å²) in [5.74, 6) is -0.858. The second kappa shape index (κ2) is 9.90. The van der Waals surface area contributed by atoms with Crippen molar-refractivity contribution in [2.24, 2.45) is 0 Å². The van der Waals surface area contributed by atoms with Crippen LogP contribution in [0.5, 0.6) is 5.75 Å². The lowest BCUT2D eigenvalue weighted by molar-refractivity contribution is -0.405. The van der Waals surface area contributed by atoms with E-state index in [-0.39, 0.29) is 11.7 Å². The number of amides is 1. The number of aliphatic hydroxyl groups is 4. The van der Waals surface area contributed by atoms with E-state index in [1.54, 1.807) is 12.1 Å². The van der Waals surface area contributed by atoms with Gasteiger partial charge < -0.3 is 45.6 Å². The molecule has 2 saturated heterocycles. The Balaban J connectivity index is 1.55. The van der Waals surface area contributed by atoms with E-state index in [1.807, 2.05) is 0 Å². The van der Waals surface area contributed by atoms with Crippen LogP contribution < -0.4 is 5.73 Å². The summed E-state index contributed by atoms with van der Waals surface area (Å²) in [4.78, 5) is 26.9. The van der Waals surface area contributed by atoms with Crippen molar-refractivity contribution in [1.82, 2.24) is 4.90 Å². The minimum absolute atomic E-state index is 0.125. The molecule has 1 amide bonds. The molecule has 2 heterocycles. The number of nitrogens with zero attached hydrogens (tertiary/aromatic N) is 1. The number of aromatic hydroxyl groups is 1. The van der Waals surface area contributed by atoms with E-state index in [0.717, 1.165) is 5.56 Å². The van der Waals surface area contributed by atoms with E-state index in [2.05, 4.69) is 5.73 Å². The third-order valence-electron chi connectivity index (χ3n) is 5.65. The number of ether oxygens (including phenoxy) is 2. The van der Waals surface area contributed by atoms with Crippen LogP contribution in [-0.2, 0) is 25.5 Å². The molecule has 2 fully saturated rings. The summed E-state index contributed by atoms with van der Waals surface area (Å²) < 4.78 is 10.2. The van der Waals surface area contributed by atoms with Gasteiger partial charge in [0.25, 0.3) is 5.91 Å². The van der Waals surface area contributed by atoms with Gasteiger partial charge in [-0.15, -0.1) is 0 Å². The molecule has 2 aliphatic rings. The number of likely N-dealkylation sites (tertiary alicyclic amines) is 1. The Morgan fingerprint density at radius 3 is 2.48 bits per heavy atom. The Morgan fingerprint density at radius 1 is 1.13 bits per heavy atom. The van der Waals surface area contributed by atoms with Gasteiger partial charge in [-0.2, -0.15) is 0 Å². The molecule has 0 radical (unpaired) electrons. The van der Waals surface area contributed by atoms with Gasteiger partial charge in [-0.05, 0) is 30.5 Å². The lowest BCUT2D eigenvalue weighted by atomic mass is 9.99. The Morgan fingerprint density at radius 2 is 1.81 bits per heavy atom. The topological polar surface area (TPSA) is 185 Å². The summed E-state index contributed by atoms with van der Waals surface area (Å²) in [7, 11) is 0. The SMILES string of the molecule is [NH3+][C@@H](Cc1ccc(O)cc1)C(=O)N1CCC[C@H]1C(=O)OC[C@H]1O[C@@H](O)[C@H](O)[C@@H](O)[C@@H]1O. The minimum Gasteiger partial charge on any atom is -0.508 e. The smallest absolute Gasteiger partial charge is 0.328 e. The average Bonchev–Trinajstić information content (AvgIpc) is 3.24. The minimum atomic E-state index is -1.72. The van der Waals surface area contributed by atoms with Crippen LogP contribution in [0.1, 0.15) is 18.4 Å². The molecule has 0 aromatic heterocycles. The van der Waals surface area contributed by atoms with Crippen LogP contribution in [-0.4, -0.2) is 98.3 Å². The maximum Gasteiger partial charge on any atom is 0.328 e. The van der Waals surface area contributed by atoms with Crippen molar-refractivity contribution < 1.29 is 50.3 Å². The van der Waals surface area contributed by atoms with Gasteiger partial charge in [0.05, 0.1) is 0 Å². The molecular formula is C20H29N2O9+. The van der Waals surface area contributed by atoms with Gasteiger partial charge in [0.2, 0.25) is 0 Å². The molecule has 11 nitrogen and oxygen atoms in total. The molecule has 0 spiro atoms. The van der Waals surface area contributed by atoms with E-state index in [1.165, 1.54) is 17.0 Å². The van der Waals surface area contributed by atoms with Crippen molar-refractivity contribution in [2.75, 3.05) is 13.2 Å². The fourth-order valence-electron chi connectivity index (χ4n) is 3.84. The van der Waals surface area contributed by atoms with Gasteiger partial charge in [0, 0.05) is 13.0 Å². The fraction of sp³-hybridized carbons (Fsp3) is 0.600. The number of hydrogen-bond donors (Lipinski definition) is 6. The zero-order valence-electron chi connectivity index (χ0n) is 16.9. The zero-order valence-corrected chi connectivity index (χ0v) is 16.9. The fourth-order valence-corrected chi connectivity index (χ4v) is 3.84. The maximum absolute atomic E-state index is 12.9. The second-order valence-electron chi connectivity index (χ2n) is 7.92. The molecule has 8 N–H and O–H groups in total. The third kappa shape index (κ3) is 5.32. The molecule has 31 heavy (non-hydrogen) atoms. The molecule has 3 rings (SSSR count). The van der Waals surface area contributed by atoms with Crippen molar-refractivity contribution in [3.05, 3.63) is 29.8 Å². The van der Waals surface area contributed by atoms with Crippen LogP contribution in [0.25, 0.3) is 0 Å². The standard InChI is InChI=1S/C20H28N2O9/c21-12(8-10-3-5-11(23)6-4-10)18(27)22-7-1-2-13(22)19(28)30-9-14-15(24)16(25)17(26)20(29)31-14/h3-6,12-17,20,23-26,29H,1-2,7-9,21H2/p+1/t12-,13-,14+,15+,16-,17+,20+/m0/s1. The maximum atomic E-state index is 12.9. The summed E-state index contributed by atoms with van der Waals surface area (Å²) in [5, 5.41) is 48.1. The van der Waals surface area contributed by atoms with Crippen LogP contribution in [0, 0.1) is 0 Å². The zero-order chi connectivity index (χ0) is 22.7. The first-order valence-corrected chi connectivity index (χ1v) is 10.1.